The van der Waals surface area contributed by atoms with E-state index in [0.29, 0.717) is 0 Å². The van der Waals surface area contributed by atoms with Crippen LogP contribution >= 0.6 is 27.3 Å². The van der Waals surface area contributed by atoms with Crippen molar-refractivity contribution in [2.45, 2.75) is 6.10 Å². The smallest absolute Gasteiger partial charge is 0.113 e. The van der Waals surface area contributed by atoms with E-state index in [1.807, 2.05) is 41.8 Å². The molecular formula is C17H13BrOS. The zero-order chi connectivity index (χ0) is 13.9. The average molecular weight is 345 g/mol. The topological polar surface area (TPSA) is 20.2 Å². The predicted molar refractivity (Wildman–Crippen MR) is 88.0 cm³/mol. The molecule has 0 bridgehead atoms. The van der Waals surface area contributed by atoms with Gasteiger partial charge in [-0.05, 0) is 38.7 Å². The van der Waals surface area contributed by atoms with Gasteiger partial charge in [-0.15, -0.1) is 11.3 Å². The first-order chi connectivity index (χ1) is 9.74. The molecule has 0 fully saturated rings. The first-order valence-corrected chi connectivity index (χ1v) is 7.99. The fourth-order valence-corrected chi connectivity index (χ4v) is 3.58. The Bertz CT molecular complexity index is 689. The third-order valence-corrected chi connectivity index (χ3v) is 4.94. The maximum absolute atomic E-state index is 10.4. The summed E-state index contributed by atoms with van der Waals surface area (Å²) in [6.45, 7) is 0. The lowest BCUT2D eigenvalue weighted by Gasteiger charge is -2.10. The number of halogens is 1. The third-order valence-electron chi connectivity index (χ3n) is 3.19. The Kier molecular flexibility index (Phi) is 4.01. The molecule has 0 saturated carbocycles. The Balaban J connectivity index is 1.86. The second-order valence-electron chi connectivity index (χ2n) is 4.56. The molecule has 3 rings (SSSR count). The molecule has 20 heavy (non-hydrogen) atoms. The molecule has 0 saturated heterocycles. The van der Waals surface area contributed by atoms with Crippen LogP contribution in [0.1, 0.15) is 16.5 Å². The molecule has 3 aromatic rings. The Morgan fingerprint density at radius 2 is 1.55 bits per heavy atom. The highest BCUT2D eigenvalue weighted by Crippen LogP contribution is 2.31. The van der Waals surface area contributed by atoms with Crippen LogP contribution in [0.3, 0.4) is 0 Å². The van der Waals surface area contributed by atoms with Crippen LogP contribution in [0.4, 0.5) is 0 Å². The summed E-state index contributed by atoms with van der Waals surface area (Å²) < 4.78 is 1.01. The SMILES string of the molecule is OC(c1ccc(-c2ccccc2)cc1)c1cc(Br)cs1. The van der Waals surface area contributed by atoms with Crippen LogP contribution in [-0.4, -0.2) is 5.11 Å². The number of benzene rings is 2. The van der Waals surface area contributed by atoms with Gasteiger partial charge in [-0.2, -0.15) is 0 Å². The molecule has 0 spiro atoms. The van der Waals surface area contributed by atoms with Gasteiger partial charge in [0.1, 0.15) is 6.10 Å². The molecule has 1 nitrogen and oxygen atoms in total. The van der Waals surface area contributed by atoms with Gasteiger partial charge in [0.25, 0.3) is 0 Å². The van der Waals surface area contributed by atoms with Crippen molar-refractivity contribution >= 4 is 27.3 Å². The van der Waals surface area contributed by atoms with E-state index in [9.17, 15) is 5.11 Å². The average Bonchev–Trinajstić information content (AvgIpc) is 2.94. The van der Waals surface area contributed by atoms with Crippen molar-refractivity contribution < 1.29 is 5.11 Å². The Labute approximate surface area is 130 Å². The van der Waals surface area contributed by atoms with E-state index in [-0.39, 0.29) is 0 Å². The minimum atomic E-state index is -0.559. The summed E-state index contributed by atoms with van der Waals surface area (Å²) in [7, 11) is 0. The minimum absolute atomic E-state index is 0.559. The molecule has 0 amide bonds. The lowest BCUT2D eigenvalue weighted by atomic mass is 10.0. The summed E-state index contributed by atoms with van der Waals surface area (Å²) in [5.74, 6) is 0. The zero-order valence-electron chi connectivity index (χ0n) is 10.7. The fourth-order valence-electron chi connectivity index (χ4n) is 2.12. The van der Waals surface area contributed by atoms with E-state index in [1.54, 1.807) is 11.3 Å². The molecular weight excluding hydrogens is 332 g/mol. The summed E-state index contributed by atoms with van der Waals surface area (Å²) in [6, 6.07) is 20.3. The van der Waals surface area contributed by atoms with Crippen molar-refractivity contribution in [1.82, 2.24) is 0 Å². The van der Waals surface area contributed by atoms with Gasteiger partial charge in [0.05, 0.1) is 0 Å². The molecule has 1 aromatic heterocycles. The van der Waals surface area contributed by atoms with Crippen LogP contribution < -0.4 is 0 Å². The largest absolute Gasteiger partial charge is 0.383 e. The monoisotopic (exact) mass is 344 g/mol. The highest BCUT2D eigenvalue weighted by Gasteiger charge is 2.12. The Morgan fingerprint density at radius 1 is 0.900 bits per heavy atom. The van der Waals surface area contributed by atoms with Gasteiger partial charge in [-0.25, -0.2) is 0 Å². The summed E-state index contributed by atoms with van der Waals surface area (Å²) >= 11 is 4.97. The molecule has 0 aliphatic heterocycles. The lowest BCUT2D eigenvalue weighted by Crippen LogP contribution is -1.96. The minimum Gasteiger partial charge on any atom is -0.383 e. The van der Waals surface area contributed by atoms with Crippen LogP contribution in [0, 0.1) is 0 Å². The van der Waals surface area contributed by atoms with Crippen LogP contribution in [0.2, 0.25) is 0 Å². The number of hydrogen-bond donors (Lipinski definition) is 1. The Morgan fingerprint density at radius 3 is 2.15 bits per heavy atom. The fraction of sp³-hybridized carbons (Fsp3) is 0.0588. The van der Waals surface area contributed by atoms with Gasteiger partial charge in [0.15, 0.2) is 0 Å². The maximum Gasteiger partial charge on any atom is 0.113 e. The number of aliphatic hydroxyl groups is 1. The van der Waals surface area contributed by atoms with Crippen molar-refractivity contribution in [3.05, 3.63) is 81.0 Å². The van der Waals surface area contributed by atoms with Crippen molar-refractivity contribution in [2.75, 3.05) is 0 Å². The van der Waals surface area contributed by atoms with Crippen LogP contribution in [-0.2, 0) is 0 Å². The molecule has 0 aliphatic carbocycles. The van der Waals surface area contributed by atoms with Crippen molar-refractivity contribution in [3.8, 4) is 11.1 Å². The highest BCUT2D eigenvalue weighted by atomic mass is 79.9. The summed E-state index contributed by atoms with van der Waals surface area (Å²) in [5.41, 5.74) is 3.26. The van der Waals surface area contributed by atoms with Gasteiger partial charge in [-0.1, -0.05) is 54.6 Å². The molecule has 0 radical (unpaired) electrons. The van der Waals surface area contributed by atoms with Gasteiger partial charge < -0.3 is 5.11 Å². The number of thiophene rings is 1. The lowest BCUT2D eigenvalue weighted by molar-refractivity contribution is 0.224. The van der Waals surface area contributed by atoms with Crippen LogP contribution in [0.25, 0.3) is 11.1 Å². The second kappa shape index (κ2) is 5.92. The molecule has 3 heteroatoms. The van der Waals surface area contributed by atoms with E-state index in [0.717, 1.165) is 20.5 Å². The maximum atomic E-state index is 10.4. The van der Waals surface area contributed by atoms with Crippen molar-refractivity contribution in [2.24, 2.45) is 0 Å². The van der Waals surface area contributed by atoms with E-state index >= 15 is 0 Å². The van der Waals surface area contributed by atoms with Gasteiger partial charge in [-0.3, -0.25) is 0 Å². The van der Waals surface area contributed by atoms with Crippen LogP contribution in [0.15, 0.2) is 70.5 Å². The standard InChI is InChI=1S/C17H13BrOS/c18-15-10-16(20-11-15)17(19)14-8-6-13(7-9-14)12-4-2-1-3-5-12/h1-11,17,19H. The number of hydrogen-bond acceptors (Lipinski definition) is 2. The normalized spacial score (nSPS) is 12.3. The van der Waals surface area contributed by atoms with E-state index in [4.69, 9.17) is 0 Å². The molecule has 1 atom stereocenters. The summed E-state index contributed by atoms with van der Waals surface area (Å²) in [5, 5.41) is 12.3. The molecule has 2 aromatic carbocycles. The zero-order valence-corrected chi connectivity index (χ0v) is 13.1. The highest BCUT2D eigenvalue weighted by molar-refractivity contribution is 9.10. The molecule has 100 valence electrons. The van der Waals surface area contributed by atoms with E-state index in [1.165, 1.54) is 5.56 Å². The molecule has 0 aliphatic rings. The summed E-state index contributed by atoms with van der Waals surface area (Å²) in [4.78, 5) is 0.948. The summed E-state index contributed by atoms with van der Waals surface area (Å²) in [6.07, 6.45) is -0.559. The van der Waals surface area contributed by atoms with Crippen molar-refractivity contribution in [3.63, 3.8) is 0 Å². The van der Waals surface area contributed by atoms with Gasteiger partial charge >= 0.3 is 0 Å². The quantitative estimate of drug-likeness (QED) is 0.687. The molecule has 1 N–H and O–H groups in total. The molecule has 1 unspecified atom stereocenters. The van der Waals surface area contributed by atoms with E-state index in [2.05, 4.69) is 40.2 Å². The van der Waals surface area contributed by atoms with E-state index < -0.39 is 6.10 Å². The predicted octanol–water partition coefficient (Wildman–Crippen LogP) is 5.26. The Hall–Kier alpha value is -1.42. The first kappa shape index (κ1) is 13.6. The number of rotatable bonds is 3. The molecule has 1 heterocycles. The van der Waals surface area contributed by atoms with Crippen molar-refractivity contribution in [1.29, 1.82) is 0 Å². The first-order valence-electron chi connectivity index (χ1n) is 6.31. The van der Waals surface area contributed by atoms with Gasteiger partial charge in [0, 0.05) is 14.7 Å². The van der Waals surface area contributed by atoms with Gasteiger partial charge in [0.2, 0.25) is 0 Å². The second-order valence-corrected chi connectivity index (χ2v) is 6.42. The van der Waals surface area contributed by atoms with Crippen LogP contribution in [0.5, 0.6) is 0 Å². The number of aliphatic hydroxyl groups excluding tert-OH is 1. The third kappa shape index (κ3) is 2.85.